The normalized spacial score (nSPS) is 22.8. The minimum Gasteiger partial charge on any atom is -0.395 e. The van der Waals surface area contributed by atoms with Crippen LogP contribution in [0.2, 0.25) is 0 Å². The standard InChI is InChI=1S/C9H10O9/c10-4-5-3-8(13)17-15-6(11)1-2-7(12)16-18-9(5)14/h5,10H,1-4H2. The van der Waals surface area contributed by atoms with Gasteiger partial charge in [0.1, 0.15) is 0 Å². The van der Waals surface area contributed by atoms with Gasteiger partial charge in [0.05, 0.1) is 31.8 Å². The second-order valence-electron chi connectivity index (χ2n) is 3.35. The van der Waals surface area contributed by atoms with Gasteiger partial charge in [-0.15, -0.1) is 0 Å². The van der Waals surface area contributed by atoms with Gasteiger partial charge in [0, 0.05) is 0 Å². The van der Waals surface area contributed by atoms with E-state index in [-0.39, 0.29) is 0 Å². The first-order valence-electron chi connectivity index (χ1n) is 4.95. The maximum Gasteiger partial charge on any atom is 0.361 e. The van der Waals surface area contributed by atoms with Crippen LogP contribution in [0, 0.1) is 5.92 Å². The minimum atomic E-state index is -1.27. The van der Waals surface area contributed by atoms with Crippen LogP contribution in [-0.2, 0) is 38.7 Å². The summed E-state index contributed by atoms with van der Waals surface area (Å²) in [5.74, 6) is -5.33. The summed E-state index contributed by atoms with van der Waals surface area (Å²) in [6, 6.07) is 0. The Morgan fingerprint density at radius 2 is 1.39 bits per heavy atom. The topological polar surface area (TPSA) is 125 Å². The average molecular weight is 262 g/mol. The summed E-state index contributed by atoms with van der Waals surface area (Å²) in [6.45, 7) is -0.723. The third-order valence-electron chi connectivity index (χ3n) is 1.94. The second-order valence-corrected chi connectivity index (χ2v) is 3.35. The SMILES string of the molecule is O=C1CCC(=O)OOC(=O)C(CO)CC(=O)OO1. The Labute approximate surface area is 100 Å². The van der Waals surface area contributed by atoms with Gasteiger partial charge in [0.2, 0.25) is 0 Å². The Morgan fingerprint density at radius 1 is 0.889 bits per heavy atom. The number of carbonyl (C=O) groups excluding carboxylic acids is 4. The Kier molecular flexibility index (Phi) is 5.06. The van der Waals surface area contributed by atoms with E-state index in [0.717, 1.165) is 0 Å². The van der Waals surface area contributed by atoms with Gasteiger partial charge in [0.15, 0.2) is 0 Å². The van der Waals surface area contributed by atoms with E-state index in [2.05, 4.69) is 19.6 Å². The van der Waals surface area contributed by atoms with E-state index in [4.69, 9.17) is 5.11 Å². The highest BCUT2D eigenvalue weighted by molar-refractivity contribution is 5.82. The molecule has 1 aliphatic heterocycles. The van der Waals surface area contributed by atoms with Crippen LogP contribution >= 0.6 is 0 Å². The zero-order chi connectivity index (χ0) is 13.5. The quantitative estimate of drug-likeness (QED) is 0.578. The van der Waals surface area contributed by atoms with Crippen molar-refractivity contribution in [1.82, 2.24) is 0 Å². The lowest BCUT2D eigenvalue weighted by molar-refractivity contribution is -0.271. The molecule has 0 amide bonds. The van der Waals surface area contributed by atoms with Crippen molar-refractivity contribution in [2.24, 2.45) is 5.92 Å². The fourth-order valence-corrected chi connectivity index (χ4v) is 0.994. The van der Waals surface area contributed by atoms with Crippen molar-refractivity contribution in [2.75, 3.05) is 6.61 Å². The summed E-state index contributed by atoms with van der Waals surface area (Å²) >= 11 is 0. The third kappa shape index (κ3) is 4.37. The monoisotopic (exact) mass is 262 g/mol. The van der Waals surface area contributed by atoms with E-state index in [0.29, 0.717) is 0 Å². The lowest BCUT2D eigenvalue weighted by atomic mass is 10.1. The van der Waals surface area contributed by atoms with E-state index in [1.807, 2.05) is 0 Å². The first kappa shape index (κ1) is 13.9. The fourth-order valence-electron chi connectivity index (χ4n) is 0.994. The molecule has 0 aliphatic carbocycles. The lowest BCUT2D eigenvalue weighted by Crippen LogP contribution is -2.27. The average Bonchev–Trinajstić information content (AvgIpc) is 2.36. The molecule has 9 heteroatoms. The molecule has 1 saturated heterocycles. The van der Waals surface area contributed by atoms with E-state index < -0.39 is 55.7 Å². The molecule has 9 nitrogen and oxygen atoms in total. The van der Waals surface area contributed by atoms with Crippen LogP contribution in [0.1, 0.15) is 19.3 Å². The van der Waals surface area contributed by atoms with Crippen molar-refractivity contribution in [3.05, 3.63) is 0 Å². The molecule has 100 valence electrons. The molecule has 0 radical (unpaired) electrons. The van der Waals surface area contributed by atoms with Gasteiger partial charge in [-0.1, -0.05) is 0 Å². The van der Waals surface area contributed by atoms with E-state index in [1.165, 1.54) is 0 Å². The van der Waals surface area contributed by atoms with Crippen molar-refractivity contribution >= 4 is 23.9 Å². The first-order valence-corrected chi connectivity index (χ1v) is 4.95. The number of carbonyl (C=O) groups is 4. The summed E-state index contributed by atoms with van der Waals surface area (Å²) in [7, 11) is 0. The van der Waals surface area contributed by atoms with Crippen LogP contribution in [0.3, 0.4) is 0 Å². The summed E-state index contributed by atoms with van der Waals surface area (Å²) in [5.41, 5.74) is 0. The van der Waals surface area contributed by atoms with Crippen molar-refractivity contribution in [1.29, 1.82) is 0 Å². The van der Waals surface area contributed by atoms with Crippen molar-refractivity contribution < 1.29 is 43.8 Å². The Bertz CT molecular complexity index is 361. The molecular formula is C9H10O9. The number of aliphatic hydroxyl groups is 1. The van der Waals surface area contributed by atoms with E-state index >= 15 is 0 Å². The van der Waals surface area contributed by atoms with Crippen LogP contribution in [0.25, 0.3) is 0 Å². The Morgan fingerprint density at radius 3 is 1.94 bits per heavy atom. The van der Waals surface area contributed by atoms with Crippen molar-refractivity contribution in [3.8, 4) is 0 Å². The van der Waals surface area contributed by atoms with Gasteiger partial charge in [-0.05, 0) is 0 Å². The second kappa shape index (κ2) is 6.55. The van der Waals surface area contributed by atoms with Crippen molar-refractivity contribution in [2.45, 2.75) is 19.3 Å². The smallest absolute Gasteiger partial charge is 0.361 e. The summed E-state index contributed by atoms with van der Waals surface area (Å²) in [4.78, 5) is 60.6. The third-order valence-corrected chi connectivity index (χ3v) is 1.94. The predicted octanol–water partition coefficient (Wildman–Crippen LogP) is -1.22. The van der Waals surface area contributed by atoms with E-state index in [9.17, 15) is 19.2 Å². The highest BCUT2D eigenvalue weighted by Gasteiger charge is 2.28. The van der Waals surface area contributed by atoms with Gasteiger partial charge >= 0.3 is 23.9 Å². The molecule has 0 spiro atoms. The molecule has 1 N–H and O–H groups in total. The number of hydrogen-bond acceptors (Lipinski definition) is 9. The number of aliphatic hydroxyl groups excluding tert-OH is 1. The van der Waals surface area contributed by atoms with Gasteiger partial charge in [-0.25, -0.2) is 38.7 Å². The molecule has 0 saturated carbocycles. The summed E-state index contributed by atoms with van der Waals surface area (Å²) in [5, 5.41) is 8.85. The molecule has 0 aromatic rings. The van der Waals surface area contributed by atoms with Crippen LogP contribution in [0.15, 0.2) is 0 Å². The molecule has 1 fully saturated rings. The van der Waals surface area contributed by atoms with Gasteiger partial charge in [0.25, 0.3) is 0 Å². The van der Waals surface area contributed by atoms with E-state index in [1.54, 1.807) is 0 Å². The molecule has 1 atom stereocenters. The first-order chi connectivity index (χ1) is 8.52. The fraction of sp³-hybridized carbons (Fsp3) is 0.556. The zero-order valence-electron chi connectivity index (χ0n) is 9.12. The predicted molar refractivity (Wildman–Crippen MR) is 48.8 cm³/mol. The maximum atomic E-state index is 11.2. The molecule has 1 heterocycles. The highest BCUT2D eigenvalue weighted by atomic mass is 17.2. The highest BCUT2D eigenvalue weighted by Crippen LogP contribution is 2.09. The maximum absolute atomic E-state index is 11.2. The molecule has 0 bridgehead atoms. The van der Waals surface area contributed by atoms with Crippen LogP contribution < -0.4 is 0 Å². The molecule has 0 aromatic heterocycles. The molecule has 1 rings (SSSR count). The van der Waals surface area contributed by atoms with Crippen LogP contribution in [0.5, 0.6) is 0 Å². The van der Waals surface area contributed by atoms with Gasteiger partial charge < -0.3 is 5.11 Å². The van der Waals surface area contributed by atoms with Gasteiger partial charge in [-0.2, -0.15) is 0 Å². The number of hydrogen-bond donors (Lipinski definition) is 1. The summed E-state index contributed by atoms with van der Waals surface area (Å²) < 4.78 is 0. The lowest BCUT2D eigenvalue weighted by Gasteiger charge is -2.11. The number of rotatable bonds is 1. The largest absolute Gasteiger partial charge is 0.395 e. The van der Waals surface area contributed by atoms with Crippen LogP contribution in [-0.4, -0.2) is 35.6 Å². The Hall–Kier alpha value is -2.16. The summed E-state index contributed by atoms with van der Waals surface area (Å²) in [6.07, 6.45) is -1.39. The molecular weight excluding hydrogens is 252 g/mol. The van der Waals surface area contributed by atoms with Crippen LogP contribution in [0.4, 0.5) is 0 Å². The Balaban J connectivity index is 2.68. The molecule has 18 heavy (non-hydrogen) atoms. The molecule has 1 aliphatic rings. The molecule has 1 unspecified atom stereocenters. The van der Waals surface area contributed by atoms with Crippen molar-refractivity contribution in [3.63, 3.8) is 0 Å². The van der Waals surface area contributed by atoms with Gasteiger partial charge in [-0.3, -0.25) is 0 Å². The zero-order valence-corrected chi connectivity index (χ0v) is 9.12. The molecule has 0 aromatic carbocycles. The minimum absolute atomic E-state index is 0.396.